The number of thiophene rings is 1. The van der Waals surface area contributed by atoms with Gasteiger partial charge in [0.15, 0.2) is 5.82 Å². The lowest BCUT2D eigenvalue weighted by Gasteiger charge is -2.12. The third kappa shape index (κ3) is 3.18. The molecule has 2 aromatic heterocycles. The normalized spacial score (nSPS) is 16.1. The fraction of sp³-hybridized carbons (Fsp3) is 0.467. The number of aromatic nitrogens is 2. The van der Waals surface area contributed by atoms with Crippen LogP contribution in [0.5, 0.6) is 0 Å². The summed E-state index contributed by atoms with van der Waals surface area (Å²) in [6, 6.07) is 3.11. The predicted molar refractivity (Wildman–Crippen MR) is 91.2 cm³/mol. The lowest BCUT2D eigenvalue weighted by Crippen LogP contribution is -2.15. The van der Waals surface area contributed by atoms with Gasteiger partial charge < -0.3 is 5.11 Å². The zero-order chi connectivity index (χ0) is 17.6. The van der Waals surface area contributed by atoms with E-state index in [1.54, 1.807) is 13.0 Å². The Balaban J connectivity index is 1.87. The molecule has 1 saturated carbocycles. The van der Waals surface area contributed by atoms with E-state index >= 15 is 0 Å². The number of sulfonamides is 1. The molecule has 1 atom stereocenters. The molecule has 0 saturated heterocycles. The molecule has 0 spiro atoms. The monoisotopic (exact) mass is 369 g/mol. The van der Waals surface area contributed by atoms with E-state index in [2.05, 4.69) is 16.7 Å². The number of carbonyl (C=O) groups is 1. The minimum Gasteiger partial charge on any atom is -0.477 e. The Labute approximate surface area is 144 Å². The van der Waals surface area contributed by atoms with Crippen LogP contribution in [0.15, 0.2) is 17.0 Å². The summed E-state index contributed by atoms with van der Waals surface area (Å²) in [5.41, 5.74) is 0.889. The van der Waals surface area contributed by atoms with E-state index in [1.807, 2.05) is 11.6 Å². The van der Waals surface area contributed by atoms with Crippen molar-refractivity contribution >= 4 is 33.1 Å². The van der Waals surface area contributed by atoms with Gasteiger partial charge in [-0.2, -0.15) is 5.10 Å². The lowest BCUT2D eigenvalue weighted by atomic mass is 10.2. The number of rotatable bonds is 6. The summed E-state index contributed by atoms with van der Waals surface area (Å²) in [6.07, 6.45) is 2.35. The smallest absolute Gasteiger partial charge is 0.345 e. The summed E-state index contributed by atoms with van der Waals surface area (Å²) in [6.45, 7) is 5.56. The van der Waals surface area contributed by atoms with Gasteiger partial charge in [-0.1, -0.05) is 0 Å². The van der Waals surface area contributed by atoms with Crippen molar-refractivity contribution in [2.24, 2.45) is 5.92 Å². The average molecular weight is 369 g/mol. The van der Waals surface area contributed by atoms with Gasteiger partial charge in [-0.25, -0.2) is 13.2 Å². The maximum absolute atomic E-state index is 12.5. The highest BCUT2D eigenvalue weighted by Gasteiger charge is 2.31. The number of nitrogens with zero attached hydrogens (tertiary/aromatic N) is 2. The number of hydrogen-bond donors (Lipinski definition) is 2. The van der Waals surface area contributed by atoms with E-state index in [0.29, 0.717) is 10.8 Å². The molecule has 2 N–H and O–H groups in total. The fourth-order valence-corrected chi connectivity index (χ4v) is 5.18. The summed E-state index contributed by atoms with van der Waals surface area (Å²) in [5, 5.41) is 13.4. The molecule has 1 fully saturated rings. The van der Waals surface area contributed by atoms with Gasteiger partial charge in [-0.05, 0) is 45.6 Å². The molecule has 0 aromatic carbocycles. The van der Waals surface area contributed by atoms with Crippen LogP contribution < -0.4 is 4.72 Å². The molecule has 9 heteroatoms. The standard InChI is InChI=1S/C15H19N3O4S2/c1-8-6-14(16-18(8)9(2)11-4-5-11)17-24(21,22)13-7-12(15(19)20)23-10(13)3/h6-7,9,11H,4-5H2,1-3H3,(H,16,17)(H,19,20). The van der Waals surface area contributed by atoms with Crippen molar-refractivity contribution in [1.82, 2.24) is 9.78 Å². The zero-order valence-electron chi connectivity index (χ0n) is 13.6. The van der Waals surface area contributed by atoms with Gasteiger partial charge in [-0.15, -0.1) is 11.3 Å². The summed E-state index contributed by atoms with van der Waals surface area (Å²) in [5.74, 6) is -0.282. The molecule has 0 amide bonds. The first-order valence-corrected chi connectivity index (χ1v) is 9.91. The van der Waals surface area contributed by atoms with Crippen LogP contribution in [0.2, 0.25) is 0 Å². The Kier molecular flexibility index (Phi) is 4.16. The van der Waals surface area contributed by atoms with Gasteiger partial charge in [0.05, 0.1) is 6.04 Å². The molecule has 7 nitrogen and oxygen atoms in total. The van der Waals surface area contributed by atoms with Crippen molar-refractivity contribution in [3.8, 4) is 0 Å². The third-order valence-electron chi connectivity index (χ3n) is 4.22. The molecule has 130 valence electrons. The molecule has 0 aliphatic heterocycles. The summed E-state index contributed by atoms with van der Waals surface area (Å²) < 4.78 is 29.4. The van der Waals surface area contributed by atoms with Gasteiger partial charge in [0.1, 0.15) is 9.77 Å². The Hall–Kier alpha value is -1.87. The first-order chi connectivity index (χ1) is 11.2. The number of hydrogen-bond acceptors (Lipinski definition) is 5. The number of aromatic carboxylic acids is 1. The van der Waals surface area contributed by atoms with Crippen LogP contribution in [0.3, 0.4) is 0 Å². The third-order valence-corrected chi connectivity index (χ3v) is 6.87. The number of anilines is 1. The van der Waals surface area contributed by atoms with Crippen LogP contribution in [0.4, 0.5) is 5.82 Å². The lowest BCUT2D eigenvalue weighted by molar-refractivity contribution is 0.0702. The first-order valence-electron chi connectivity index (χ1n) is 7.61. The quantitative estimate of drug-likeness (QED) is 0.815. The highest BCUT2D eigenvalue weighted by Crippen LogP contribution is 2.40. The van der Waals surface area contributed by atoms with Crippen molar-refractivity contribution in [2.75, 3.05) is 4.72 Å². The summed E-state index contributed by atoms with van der Waals surface area (Å²) in [4.78, 5) is 11.4. The van der Waals surface area contributed by atoms with Crippen LogP contribution in [0.25, 0.3) is 0 Å². The van der Waals surface area contributed by atoms with Crippen LogP contribution in [-0.4, -0.2) is 29.3 Å². The van der Waals surface area contributed by atoms with Crippen LogP contribution in [0.1, 0.15) is 46.0 Å². The van der Waals surface area contributed by atoms with E-state index in [4.69, 9.17) is 5.11 Å². The molecule has 3 rings (SSSR count). The van der Waals surface area contributed by atoms with Gasteiger partial charge in [0.2, 0.25) is 0 Å². The topological polar surface area (TPSA) is 101 Å². The summed E-state index contributed by atoms with van der Waals surface area (Å²) in [7, 11) is -3.87. The van der Waals surface area contributed by atoms with Crippen molar-refractivity contribution in [2.45, 2.75) is 44.6 Å². The van der Waals surface area contributed by atoms with Crippen molar-refractivity contribution in [3.63, 3.8) is 0 Å². The van der Waals surface area contributed by atoms with E-state index < -0.39 is 16.0 Å². The zero-order valence-corrected chi connectivity index (χ0v) is 15.2. The Morgan fingerprint density at radius 2 is 2.08 bits per heavy atom. The molecule has 2 aromatic rings. The molecule has 0 bridgehead atoms. The number of carboxylic acid groups (broad SMARTS) is 1. The SMILES string of the molecule is Cc1sc(C(=O)O)cc1S(=O)(=O)Nc1cc(C)n(C(C)C2CC2)n1. The molecular formula is C15H19N3O4S2. The second-order valence-corrected chi connectivity index (χ2v) is 9.04. The average Bonchev–Trinajstić information content (AvgIpc) is 3.16. The molecule has 1 aliphatic rings. The van der Waals surface area contributed by atoms with Gasteiger partial charge >= 0.3 is 5.97 Å². The largest absolute Gasteiger partial charge is 0.477 e. The van der Waals surface area contributed by atoms with E-state index in [9.17, 15) is 13.2 Å². The highest BCUT2D eigenvalue weighted by molar-refractivity contribution is 7.93. The number of aryl methyl sites for hydroxylation is 2. The van der Waals surface area contributed by atoms with Gasteiger partial charge in [0.25, 0.3) is 10.0 Å². The van der Waals surface area contributed by atoms with E-state index in [1.165, 1.54) is 18.9 Å². The van der Waals surface area contributed by atoms with Crippen molar-refractivity contribution in [1.29, 1.82) is 0 Å². The highest BCUT2D eigenvalue weighted by atomic mass is 32.2. The van der Waals surface area contributed by atoms with Crippen LogP contribution >= 0.6 is 11.3 Å². The second kappa shape index (κ2) is 5.89. The van der Waals surface area contributed by atoms with E-state index in [-0.39, 0.29) is 21.6 Å². The Bertz CT molecular complexity index is 894. The second-order valence-electron chi connectivity index (χ2n) is 6.14. The van der Waals surface area contributed by atoms with Crippen LogP contribution in [0, 0.1) is 19.8 Å². The molecular weight excluding hydrogens is 350 g/mol. The molecule has 1 aliphatic carbocycles. The molecule has 0 radical (unpaired) electrons. The maximum Gasteiger partial charge on any atom is 0.345 e. The predicted octanol–water partition coefficient (Wildman–Crippen LogP) is 3.03. The summed E-state index contributed by atoms with van der Waals surface area (Å²) >= 11 is 0.941. The minimum absolute atomic E-state index is 0.00283. The Morgan fingerprint density at radius 1 is 1.42 bits per heavy atom. The first kappa shape index (κ1) is 17.0. The van der Waals surface area contributed by atoms with E-state index in [0.717, 1.165) is 17.0 Å². The minimum atomic E-state index is -3.87. The Morgan fingerprint density at radius 3 is 2.62 bits per heavy atom. The van der Waals surface area contributed by atoms with Crippen molar-refractivity contribution in [3.05, 3.63) is 27.6 Å². The number of nitrogens with one attached hydrogen (secondary N) is 1. The molecule has 2 heterocycles. The van der Waals surface area contributed by atoms with Gasteiger partial charge in [0, 0.05) is 16.6 Å². The molecule has 1 unspecified atom stereocenters. The van der Waals surface area contributed by atoms with Gasteiger partial charge in [-0.3, -0.25) is 9.40 Å². The maximum atomic E-state index is 12.5. The fourth-order valence-electron chi connectivity index (χ4n) is 2.76. The number of carboxylic acids is 1. The van der Waals surface area contributed by atoms with Crippen LogP contribution in [-0.2, 0) is 10.0 Å². The molecule has 24 heavy (non-hydrogen) atoms. The van der Waals surface area contributed by atoms with Crippen molar-refractivity contribution < 1.29 is 18.3 Å².